The number of nitrogens with one attached hydrogen (secondary N) is 1. The summed E-state index contributed by atoms with van der Waals surface area (Å²) in [4.78, 5) is 8.30. The quantitative estimate of drug-likeness (QED) is 0.435. The van der Waals surface area contributed by atoms with Crippen LogP contribution in [0.4, 0.5) is 5.69 Å². The van der Waals surface area contributed by atoms with E-state index in [1.807, 2.05) is 36.5 Å². The van der Waals surface area contributed by atoms with Crippen LogP contribution in [0.15, 0.2) is 71.7 Å². The second kappa shape index (κ2) is 7.12. The van der Waals surface area contributed by atoms with E-state index < -0.39 is 0 Å². The number of aryl methyl sites for hydroxylation is 2. The zero-order chi connectivity index (χ0) is 18.8. The third kappa shape index (κ3) is 3.36. The molecule has 0 radical (unpaired) electrons. The molecule has 134 valence electrons. The van der Waals surface area contributed by atoms with Crippen molar-refractivity contribution in [3.63, 3.8) is 0 Å². The lowest BCUT2D eigenvalue weighted by Crippen LogP contribution is -1.86. The molecule has 1 aromatic heterocycles. The van der Waals surface area contributed by atoms with Gasteiger partial charge in [0.2, 0.25) is 0 Å². The molecule has 0 unspecified atom stereocenters. The lowest BCUT2D eigenvalue weighted by atomic mass is 10.1. The molecule has 0 amide bonds. The van der Waals surface area contributed by atoms with Crippen molar-refractivity contribution in [3.05, 3.63) is 83.4 Å². The van der Waals surface area contributed by atoms with E-state index in [0.29, 0.717) is 0 Å². The highest BCUT2D eigenvalue weighted by molar-refractivity contribution is 6.06. The van der Waals surface area contributed by atoms with Crippen LogP contribution in [0.2, 0.25) is 0 Å². The van der Waals surface area contributed by atoms with Crippen molar-refractivity contribution in [2.75, 3.05) is 7.11 Å². The Morgan fingerprint density at radius 1 is 0.889 bits per heavy atom. The second-order valence-corrected chi connectivity index (χ2v) is 6.72. The first kappa shape index (κ1) is 17.1. The third-order valence-corrected chi connectivity index (χ3v) is 4.94. The molecule has 3 aromatic carbocycles. The molecule has 0 aliphatic rings. The minimum atomic E-state index is 0.835. The number of H-pyrrole nitrogens is 1. The van der Waals surface area contributed by atoms with Crippen molar-refractivity contribution in [2.45, 2.75) is 13.8 Å². The number of nitrogens with zero attached hydrogens (tertiary/aromatic N) is 1. The van der Waals surface area contributed by atoms with Gasteiger partial charge in [0, 0.05) is 22.7 Å². The Labute approximate surface area is 159 Å². The number of aliphatic imine (C=N–C) groups is 1. The number of aromatic nitrogens is 1. The average molecular weight is 354 g/mol. The number of benzene rings is 3. The standard InChI is InChI=1S/C24H22N2O/c1-16-9-10-19(13-17(16)2)25-15-22-21-14-20(27-3)11-12-23(21)26-24(22)18-7-5-4-6-8-18/h4-15,26H,1-3H3. The zero-order valence-corrected chi connectivity index (χ0v) is 15.8. The second-order valence-electron chi connectivity index (χ2n) is 6.72. The number of ether oxygens (including phenoxy) is 1. The summed E-state index contributed by atoms with van der Waals surface area (Å²) in [7, 11) is 1.69. The maximum Gasteiger partial charge on any atom is 0.119 e. The van der Waals surface area contributed by atoms with Crippen molar-refractivity contribution < 1.29 is 4.74 Å². The number of aromatic amines is 1. The zero-order valence-electron chi connectivity index (χ0n) is 15.8. The van der Waals surface area contributed by atoms with Gasteiger partial charge in [0.15, 0.2) is 0 Å². The summed E-state index contributed by atoms with van der Waals surface area (Å²) in [6, 6.07) is 22.7. The van der Waals surface area contributed by atoms with Crippen LogP contribution in [0.25, 0.3) is 22.2 Å². The summed E-state index contributed by atoms with van der Waals surface area (Å²) in [5, 5.41) is 1.10. The van der Waals surface area contributed by atoms with Gasteiger partial charge in [-0.25, -0.2) is 0 Å². The summed E-state index contributed by atoms with van der Waals surface area (Å²) in [5.74, 6) is 0.835. The fraction of sp³-hybridized carbons (Fsp3) is 0.125. The highest BCUT2D eigenvalue weighted by Crippen LogP contribution is 2.32. The summed E-state index contributed by atoms with van der Waals surface area (Å²) in [6.45, 7) is 4.22. The van der Waals surface area contributed by atoms with Gasteiger partial charge in [-0.05, 0) is 60.9 Å². The predicted octanol–water partition coefficient (Wildman–Crippen LogP) is 6.21. The summed E-state index contributed by atoms with van der Waals surface area (Å²) < 4.78 is 5.43. The van der Waals surface area contributed by atoms with Crippen LogP contribution in [-0.2, 0) is 0 Å². The predicted molar refractivity (Wildman–Crippen MR) is 113 cm³/mol. The van der Waals surface area contributed by atoms with Crippen LogP contribution in [-0.4, -0.2) is 18.3 Å². The van der Waals surface area contributed by atoms with E-state index in [9.17, 15) is 0 Å². The van der Waals surface area contributed by atoms with E-state index in [4.69, 9.17) is 9.73 Å². The number of fused-ring (bicyclic) bond motifs is 1. The topological polar surface area (TPSA) is 37.4 Å². The van der Waals surface area contributed by atoms with Gasteiger partial charge in [-0.3, -0.25) is 4.99 Å². The largest absolute Gasteiger partial charge is 0.497 e. The summed E-state index contributed by atoms with van der Waals surface area (Å²) in [6.07, 6.45) is 1.95. The highest BCUT2D eigenvalue weighted by atomic mass is 16.5. The highest BCUT2D eigenvalue weighted by Gasteiger charge is 2.12. The van der Waals surface area contributed by atoms with Gasteiger partial charge in [0.1, 0.15) is 5.75 Å². The van der Waals surface area contributed by atoms with E-state index in [0.717, 1.165) is 39.2 Å². The minimum Gasteiger partial charge on any atom is -0.497 e. The Morgan fingerprint density at radius 3 is 2.44 bits per heavy atom. The van der Waals surface area contributed by atoms with E-state index in [2.05, 4.69) is 55.2 Å². The Hall–Kier alpha value is -3.33. The molecule has 3 nitrogen and oxygen atoms in total. The first-order valence-electron chi connectivity index (χ1n) is 9.02. The van der Waals surface area contributed by atoms with Gasteiger partial charge < -0.3 is 9.72 Å². The third-order valence-electron chi connectivity index (χ3n) is 4.94. The summed E-state index contributed by atoms with van der Waals surface area (Å²) >= 11 is 0. The monoisotopic (exact) mass is 354 g/mol. The van der Waals surface area contributed by atoms with Crippen LogP contribution in [0.5, 0.6) is 5.75 Å². The van der Waals surface area contributed by atoms with Crippen molar-refractivity contribution in [2.24, 2.45) is 4.99 Å². The SMILES string of the molecule is COc1ccc2[nH]c(-c3ccccc3)c(C=Nc3ccc(C)c(C)c3)c2c1. The van der Waals surface area contributed by atoms with Crippen molar-refractivity contribution in [3.8, 4) is 17.0 Å². The molecular formula is C24H22N2O. The van der Waals surface area contributed by atoms with Gasteiger partial charge in [0.05, 0.1) is 18.5 Å². The molecule has 1 heterocycles. The fourth-order valence-corrected chi connectivity index (χ4v) is 3.23. The molecule has 0 saturated carbocycles. The number of rotatable bonds is 4. The molecule has 0 atom stereocenters. The number of hydrogen-bond donors (Lipinski definition) is 1. The molecule has 0 spiro atoms. The molecule has 3 heteroatoms. The molecule has 4 rings (SSSR count). The normalized spacial score (nSPS) is 11.4. The molecule has 0 aliphatic heterocycles. The van der Waals surface area contributed by atoms with E-state index in [1.54, 1.807) is 7.11 Å². The molecule has 0 saturated heterocycles. The van der Waals surface area contributed by atoms with Gasteiger partial charge in [-0.2, -0.15) is 0 Å². The van der Waals surface area contributed by atoms with Crippen LogP contribution < -0.4 is 4.74 Å². The molecule has 0 aliphatic carbocycles. The van der Waals surface area contributed by atoms with Gasteiger partial charge in [0.25, 0.3) is 0 Å². The maximum absolute atomic E-state index is 5.43. The van der Waals surface area contributed by atoms with Gasteiger partial charge in [-0.1, -0.05) is 36.4 Å². The molecule has 0 bridgehead atoms. The summed E-state index contributed by atoms with van der Waals surface area (Å²) in [5.41, 5.74) is 7.80. The van der Waals surface area contributed by atoms with E-state index in [1.165, 1.54) is 11.1 Å². The molecule has 4 aromatic rings. The fourth-order valence-electron chi connectivity index (χ4n) is 3.23. The molecule has 1 N–H and O–H groups in total. The first-order chi connectivity index (χ1) is 13.2. The minimum absolute atomic E-state index is 0.835. The molecule has 27 heavy (non-hydrogen) atoms. The van der Waals surface area contributed by atoms with Crippen molar-refractivity contribution in [1.82, 2.24) is 4.98 Å². The first-order valence-corrected chi connectivity index (χ1v) is 9.02. The number of hydrogen-bond acceptors (Lipinski definition) is 2. The Kier molecular flexibility index (Phi) is 4.51. The molecular weight excluding hydrogens is 332 g/mol. The van der Waals surface area contributed by atoms with Crippen LogP contribution in [0, 0.1) is 13.8 Å². The molecule has 0 fully saturated rings. The van der Waals surface area contributed by atoms with Gasteiger partial charge >= 0.3 is 0 Å². The van der Waals surface area contributed by atoms with Gasteiger partial charge in [-0.15, -0.1) is 0 Å². The Bertz CT molecular complexity index is 1120. The lowest BCUT2D eigenvalue weighted by Gasteiger charge is -2.03. The maximum atomic E-state index is 5.43. The van der Waals surface area contributed by atoms with Crippen molar-refractivity contribution >= 4 is 22.8 Å². The lowest BCUT2D eigenvalue weighted by molar-refractivity contribution is 0.415. The smallest absolute Gasteiger partial charge is 0.119 e. The Balaban J connectivity index is 1.88. The van der Waals surface area contributed by atoms with E-state index in [-0.39, 0.29) is 0 Å². The Morgan fingerprint density at radius 2 is 1.70 bits per heavy atom. The van der Waals surface area contributed by atoms with Crippen molar-refractivity contribution in [1.29, 1.82) is 0 Å². The van der Waals surface area contributed by atoms with E-state index >= 15 is 0 Å². The van der Waals surface area contributed by atoms with Crippen LogP contribution in [0.1, 0.15) is 16.7 Å². The van der Waals surface area contributed by atoms with Crippen LogP contribution >= 0.6 is 0 Å². The average Bonchev–Trinajstić information content (AvgIpc) is 3.07. The number of methoxy groups -OCH3 is 1. The van der Waals surface area contributed by atoms with Crippen LogP contribution in [0.3, 0.4) is 0 Å².